The molecule has 0 aromatic heterocycles. The van der Waals surface area contributed by atoms with Crippen LogP contribution in [0.1, 0.15) is 49.1 Å². The van der Waals surface area contributed by atoms with Gasteiger partial charge >= 0.3 is 5.97 Å². The van der Waals surface area contributed by atoms with Gasteiger partial charge in [-0.1, -0.05) is 18.6 Å². The predicted molar refractivity (Wildman–Crippen MR) is 85.5 cm³/mol. The van der Waals surface area contributed by atoms with Gasteiger partial charge in [-0.05, 0) is 54.7 Å². The van der Waals surface area contributed by atoms with Gasteiger partial charge in [-0.3, -0.25) is 4.79 Å². The Hall–Kier alpha value is -1.16. The van der Waals surface area contributed by atoms with Crippen molar-refractivity contribution in [3.63, 3.8) is 0 Å². The fourth-order valence-electron chi connectivity index (χ4n) is 3.51. The van der Waals surface area contributed by atoms with Crippen LogP contribution in [0.15, 0.2) is 18.2 Å². The number of hydrogen-bond acceptors (Lipinski definition) is 3. The second kappa shape index (κ2) is 5.91. The lowest BCUT2D eigenvalue weighted by Crippen LogP contribution is -2.42. The zero-order valence-electron chi connectivity index (χ0n) is 12.4. The standard InChI is InChI=1S/C17H22O3S/c1-20-15-4-3-13(12-5-9-21-10-6-12)11-14(15)17(16(18)19)7-2-8-17/h3-4,11-12H,2,5-10H2,1H3,(H,18,19). The maximum absolute atomic E-state index is 11.8. The number of hydrogen-bond donors (Lipinski definition) is 1. The summed E-state index contributed by atoms with van der Waals surface area (Å²) >= 11 is 2.01. The predicted octanol–water partition coefficient (Wildman–Crippen LogP) is 3.81. The number of methoxy groups -OCH3 is 1. The molecule has 2 fully saturated rings. The third-order valence-corrected chi connectivity index (χ3v) is 6.10. The van der Waals surface area contributed by atoms with Gasteiger partial charge in [-0.15, -0.1) is 0 Å². The van der Waals surface area contributed by atoms with Crippen molar-refractivity contribution in [3.05, 3.63) is 29.3 Å². The summed E-state index contributed by atoms with van der Waals surface area (Å²) in [5.74, 6) is 3.00. The van der Waals surface area contributed by atoms with Crippen molar-refractivity contribution in [2.45, 2.75) is 43.4 Å². The molecule has 114 valence electrons. The molecule has 2 aliphatic rings. The van der Waals surface area contributed by atoms with E-state index in [1.165, 1.54) is 29.9 Å². The molecule has 0 amide bonds. The zero-order chi connectivity index (χ0) is 14.9. The quantitative estimate of drug-likeness (QED) is 0.919. The highest BCUT2D eigenvalue weighted by atomic mass is 32.2. The van der Waals surface area contributed by atoms with Crippen molar-refractivity contribution < 1.29 is 14.6 Å². The molecule has 0 atom stereocenters. The molecule has 1 aromatic carbocycles. The van der Waals surface area contributed by atoms with E-state index in [0.29, 0.717) is 5.92 Å². The maximum atomic E-state index is 11.8. The van der Waals surface area contributed by atoms with Gasteiger partial charge in [-0.2, -0.15) is 11.8 Å². The number of benzene rings is 1. The average Bonchev–Trinajstić information content (AvgIpc) is 2.46. The van der Waals surface area contributed by atoms with Crippen molar-refractivity contribution >= 4 is 17.7 Å². The largest absolute Gasteiger partial charge is 0.496 e. The molecule has 0 spiro atoms. The number of carboxylic acid groups (broad SMARTS) is 1. The normalized spacial score (nSPS) is 21.6. The Kier molecular flexibility index (Phi) is 4.16. The Morgan fingerprint density at radius 1 is 1.33 bits per heavy atom. The van der Waals surface area contributed by atoms with E-state index in [1.807, 2.05) is 17.8 Å². The first kappa shape index (κ1) is 14.8. The average molecular weight is 306 g/mol. The van der Waals surface area contributed by atoms with Crippen LogP contribution in [0.3, 0.4) is 0 Å². The number of thioether (sulfide) groups is 1. The molecule has 0 bridgehead atoms. The molecule has 1 aliphatic carbocycles. The van der Waals surface area contributed by atoms with Crippen molar-refractivity contribution in [1.82, 2.24) is 0 Å². The van der Waals surface area contributed by atoms with E-state index < -0.39 is 11.4 Å². The zero-order valence-corrected chi connectivity index (χ0v) is 13.2. The van der Waals surface area contributed by atoms with Gasteiger partial charge < -0.3 is 9.84 Å². The number of rotatable bonds is 4. The lowest BCUT2D eigenvalue weighted by atomic mass is 9.63. The third-order valence-electron chi connectivity index (χ3n) is 5.05. The highest BCUT2D eigenvalue weighted by Crippen LogP contribution is 2.48. The number of carbonyl (C=O) groups is 1. The van der Waals surface area contributed by atoms with Crippen LogP contribution in [0.5, 0.6) is 5.75 Å². The molecule has 1 saturated carbocycles. The van der Waals surface area contributed by atoms with E-state index in [-0.39, 0.29) is 0 Å². The van der Waals surface area contributed by atoms with Crippen LogP contribution in [-0.4, -0.2) is 29.7 Å². The van der Waals surface area contributed by atoms with E-state index in [4.69, 9.17) is 4.74 Å². The number of ether oxygens (including phenoxy) is 1. The second-order valence-electron chi connectivity index (χ2n) is 6.09. The third kappa shape index (κ3) is 2.54. The molecule has 21 heavy (non-hydrogen) atoms. The SMILES string of the molecule is COc1ccc(C2CCSCC2)cc1C1(C(=O)O)CCC1. The summed E-state index contributed by atoms with van der Waals surface area (Å²) in [4.78, 5) is 11.8. The van der Waals surface area contributed by atoms with E-state index in [0.717, 1.165) is 30.6 Å². The van der Waals surface area contributed by atoms with Crippen molar-refractivity contribution in [3.8, 4) is 5.75 Å². The Bertz CT molecular complexity index is 531. The van der Waals surface area contributed by atoms with Crippen LogP contribution in [0.2, 0.25) is 0 Å². The lowest BCUT2D eigenvalue weighted by Gasteiger charge is -2.39. The molecule has 1 aromatic rings. The summed E-state index contributed by atoms with van der Waals surface area (Å²) in [5.41, 5.74) is 1.46. The molecular formula is C17H22O3S. The Morgan fingerprint density at radius 2 is 2.05 bits per heavy atom. The van der Waals surface area contributed by atoms with E-state index in [1.54, 1.807) is 7.11 Å². The maximum Gasteiger partial charge on any atom is 0.314 e. The van der Waals surface area contributed by atoms with Crippen LogP contribution in [0.25, 0.3) is 0 Å². The van der Waals surface area contributed by atoms with Crippen molar-refractivity contribution in [2.24, 2.45) is 0 Å². The topological polar surface area (TPSA) is 46.5 Å². The minimum absolute atomic E-state index is 0.571. The van der Waals surface area contributed by atoms with Gasteiger partial charge in [0.25, 0.3) is 0 Å². The second-order valence-corrected chi connectivity index (χ2v) is 7.31. The summed E-state index contributed by atoms with van der Waals surface area (Å²) in [7, 11) is 1.63. The van der Waals surface area contributed by atoms with Crippen molar-refractivity contribution in [2.75, 3.05) is 18.6 Å². The highest BCUT2D eigenvalue weighted by Gasteiger charge is 2.47. The first-order valence-electron chi connectivity index (χ1n) is 7.67. The lowest BCUT2D eigenvalue weighted by molar-refractivity contribution is -0.147. The van der Waals surface area contributed by atoms with Gasteiger partial charge in [0.05, 0.1) is 12.5 Å². The highest BCUT2D eigenvalue weighted by molar-refractivity contribution is 7.99. The van der Waals surface area contributed by atoms with Crippen LogP contribution < -0.4 is 4.74 Å². The Morgan fingerprint density at radius 3 is 2.57 bits per heavy atom. The monoisotopic (exact) mass is 306 g/mol. The fraction of sp³-hybridized carbons (Fsp3) is 0.588. The minimum atomic E-state index is -0.717. The molecule has 3 rings (SSSR count). The Labute approximate surface area is 130 Å². The molecule has 0 radical (unpaired) electrons. The van der Waals surface area contributed by atoms with E-state index in [9.17, 15) is 9.90 Å². The number of aliphatic carboxylic acids is 1. The Balaban J connectivity index is 1.99. The molecule has 3 nitrogen and oxygen atoms in total. The van der Waals surface area contributed by atoms with Gasteiger partial charge in [0.2, 0.25) is 0 Å². The van der Waals surface area contributed by atoms with Gasteiger partial charge in [0.1, 0.15) is 5.75 Å². The molecule has 1 saturated heterocycles. The summed E-state index contributed by atoms with van der Waals surface area (Å²) in [6, 6.07) is 6.21. The molecule has 1 aliphatic heterocycles. The minimum Gasteiger partial charge on any atom is -0.496 e. The first-order valence-corrected chi connectivity index (χ1v) is 8.82. The molecule has 1 heterocycles. The molecule has 4 heteroatoms. The molecular weight excluding hydrogens is 284 g/mol. The number of carboxylic acids is 1. The van der Waals surface area contributed by atoms with Gasteiger partial charge in [0, 0.05) is 5.56 Å². The fourth-order valence-corrected chi connectivity index (χ4v) is 4.62. The van der Waals surface area contributed by atoms with Crippen LogP contribution in [0, 0.1) is 0 Å². The van der Waals surface area contributed by atoms with E-state index >= 15 is 0 Å². The van der Waals surface area contributed by atoms with Crippen molar-refractivity contribution in [1.29, 1.82) is 0 Å². The van der Waals surface area contributed by atoms with Crippen LogP contribution in [-0.2, 0) is 10.2 Å². The molecule has 0 unspecified atom stereocenters. The summed E-state index contributed by atoms with van der Waals surface area (Å²) in [6.45, 7) is 0. The van der Waals surface area contributed by atoms with E-state index in [2.05, 4.69) is 12.1 Å². The summed E-state index contributed by atoms with van der Waals surface area (Å²) in [5, 5.41) is 9.70. The van der Waals surface area contributed by atoms with Gasteiger partial charge in [-0.25, -0.2) is 0 Å². The first-order chi connectivity index (χ1) is 10.2. The molecule has 1 N–H and O–H groups in total. The summed E-state index contributed by atoms with van der Waals surface area (Å²) < 4.78 is 5.45. The van der Waals surface area contributed by atoms with Gasteiger partial charge in [0.15, 0.2) is 0 Å². The summed E-state index contributed by atoms with van der Waals surface area (Å²) in [6.07, 6.45) is 4.82. The smallest absolute Gasteiger partial charge is 0.314 e. The van der Waals surface area contributed by atoms with Crippen LogP contribution >= 0.6 is 11.8 Å². The van der Waals surface area contributed by atoms with Crippen LogP contribution in [0.4, 0.5) is 0 Å².